The van der Waals surface area contributed by atoms with Crippen molar-refractivity contribution >= 4 is 27.8 Å². The molecule has 24 heavy (non-hydrogen) atoms. The molecule has 1 unspecified atom stereocenters. The summed E-state index contributed by atoms with van der Waals surface area (Å²) < 4.78 is 0.666. The summed E-state index contributed by atoms with van der Waals surface area (Å²) in [6.07, 6.45) is 2.18. The van der Waals surface area contributed by atoms with Gasteiger partial charge in [0.25, 0.3) is 5.91 Å². The Morgan fingerprint density at radius 2 is 2.04 bits per heavy atom. The molecule has 0 saturated heterocycles. The molecule has 2 aromatic rings. The third-order valence-corrected chi connectivity index (χ3v) is 5.22. The van der Waals surface area contributed by atoms with Crippen LogP contribution in [0.25, 0.3) is 0 Å². The van der Waals surface area contributed by atoms with E-state index >= 15 is 0 Å². The highest BCUT2D eigenvalue weighted by Crippen LogP contribution is 2.42. The lowest BCUT2D eigenvalue weighted by Gasteiger charge is -2.25. The highest BCUT2D eigenvalue weighted by molar-refractivity contribution is 9.10. The number of aromatic nitrogens is 2. The number of aliphatic carboxylic acids is 1. The van der Waals surface area contributed by atoms with Crippen LogP contribution in [0.2, 0.25) is 0 Å². The summed E-state index contributed by atoms with van der Waals surface area (Å²) in [5.41, 5.74) is 0.624. The largest absolute Gasteiger partial charge is 0.481 e. The van der Waals surface area contributed by atoms with Gasteiger partial charge in [0.15, 0.2) is 5.69 Å². The summed E-state index contributed by atoms with van der Waals surface area (Å²) in [6.45, 7) is 1.57. The SMILES string of the molecule is CC(CNC(=O)c1n[nH]c(C2CC2)c1Br)(C(=O)O)c1ccccc1. The van der Waals surface area contributed by atoms with Crippen LogP contribution in [-0.4, -0.2) is 33.7 Å². The fourth-order valence-electron chi connectivity index (χ4n) is 2.58. The number of halogens is 1. The molecule has 1 heterocycles. The first kappa shape index (κ1) is 16.7. The van der Waals surface area contributed by atoms with Crippen LogP contribution < -0.4 is 5.32 Å². The van der Waals surface area contributed by atoms with Crippen molar-refractivity contribution < 1.29 is 14.7 Å². The van der Waals surface area contributed by atoms with Gasteiger partial charge in [-0.25, -0.2) is 0 Å². The van der Waals surface area contributed by atoms with Crippen LogP contribution in [0.4, 0.5) is 0 Å². The number of carboxylic acids is 1. The molecule has 1 aliphatic rings. The number of H-pyrrole nitrogens is 1. The van der Waals surface area contributed by atoms with E-state index in [2.05, 4.69) is 31.4 Å². The molecule has 1 fully saturated rings. The van der Waals surface area contributed by atoms with Crippen LogP contribution in [0.5, 0.6) is 0 Å². The molecule has 1 aliphatic carbocycles. The van der Waals surface area contributed by atoms with E-state index in [4.69, 9.17) is 0 Å². The van der Waals surface area contributed by atoms with Crippen LogP contribution in [0.1, 0.15) is 47.4 Å². The molecule has 7 heteroatoms. The number of amides is 1. The Labute approximate surface area is 147 Å². The minimum absolute atomic E-state index is 0.0246. The van der Waals surface area contributed by atoms with Crippen LogP contribution in [-0.2, 0) is 10.2 Å². The zero-order chi connectivity index (χ0) is 17.3. The second-order valence-corrected chi connectivity index (χ2v) is 7.05. The van der Waals surface area contributed by atoms with E-state index in [1.165, 1.54) is 0 Å². The maximum absolute atomic E-state index is 12.4. The van der Waals surface area contributed by atoms with Crippen LogP contribution in [0, 0.1) is 0 Å². The Kier molecular flexibility index (Phi) is 4.45. The van der Waals surface area contributed by atoms with Crippen molar-refractivity contribution in [3.05, 3.63) is 51.8 Å². The number of nitrogens with zero attached hydrogens (tertiary/aromatic N) is 1. The minimum atomic E-state index is -1.21. The van der Waals surface area contributed by atoms with Crippen LogP contribution >= 0.6 is 15.9 Å². The number of carbonyl (C=O) groups excluding carboxylic acids is 1. The van der Waals surface area contributed by atoms with Gasteiger partial charge in [-0.2, -0.15) is 5.10 Å². The van der Waals surface area contributed by atoms with Gasteiger partial charge in [0.05, 0.1) is 10.2 Å². The molecule has 0 bridgehead atoms. The zero-order valence-electron chi connectivity index (χ0n) is 13.2. The van der Waals surface area contributed by atoms with E-state index in [-0.39, 0.29) is 12.2 Å². The van der Waals surface area contributed by atoms with Crippen molar-refractivity contribution in [3.63, 3.8) is 0 Å². The number of benzene rings is 1. The van der Waals surface area contributed by atoms with Gasteiger partial charge in [0.2, 0.25) is 0 Å². The molecular weight excluding hydrogens is 374 g/mol. The average molecular weight is 392 g/mol. The number of hydrogen-bond acceptors (Lipinski definition) is 3. The number of nitrogens with one attached hydrogen (secondary N) is 2. The summed E-state index contributed by atoms with van der Waals surface area (Å²) in [6, 6.07) is 8.88. The molecule has 0 spiro atoms. The maximum atomic E-state index is 12.4. The quantitative estimate of drug-likeness (QED) is 0.705. The van der Waals surface area contributed by atoms with E-state index in [0.717, 1.165) is 18.5 Å². The molecular formula is C17H18BrN3O3. The second kappa shape index (κ2) is 6.39. The Bertz CT molecular complexity index is 771. The smallest absolute Gasteiger partial charge is 0.315 e. The topological polar surface area (TPSA) is 95.1 Å². The first-order valence-electron chi connectivity index (χ1n) is 7.74. The van der Waals surface area contributed by atoms with E-state index in [0.29, 0.717) is 16.0 Å². The Morgan fingerprint density at radius 1 is 1.38 bits per heavy atom. The third kappa shape index (κ3) is 3.08. The summed E-state index contributed by atoms with van der Waals surface area (Å²) in [7, 11) is 0. The van der Waals surface area contributed by atoms with Crippen molar-refractivity contribution in [2.75, 3.05) is 6.54 Å². The summed E-state index contributed by atoms with van der Waals surface area (Å²) >= 11 is 3.42. The van der Waals surface area contributed by atoms with Gasteiger partial charge in [-0.15, -0.1) is 0 Å². The van der Waals surface area contributed by atoms with Gasteiger partial charge in [0.1, 0.15) is 5.41 Å². The number of aromatic amines is 1. The van der Waals surface area contributed by atoms with Crippen molar-refractivity contribution in [2.45, 2.75) is 31.1 Å². The fourth-order valence-corrected chi connectivity index (χ4v) is 3.26. The predicted octanol–water partition coefficient (Wildman–Crippen LogP) is 2.82. The molecule has 1 saturated carbocycles. The monoisotopic (exact) mass is 391 g/mol. The molecule has 3 N–H and O–H groups in total. The summed E-state index contributed by atoms with van der Waals surface area (Å²) in [5.74, 6) is -0.954. The lowest BCUT2D eigenvalue weighted by atomic mass is 9.82. The normalized spacial score (nSPS) is 16.4. The molecule has 1 amide bonds. The van der Waals surface area contributed by atoms with Crippen molar-refractivity contribution in [1.29, 1.82) is 0 Å². The number of hydrogen-bond donors (Lipinski definition) is 3. The Morgan fingerprint density at radius 3 is 2.62 bits per heavy atom. The summed E-state index contributed by atoms with van der Waals surface area (Å²) in [5, 5.41) is 19.3. The number of carbonyl (C=O) groups is 2. The molecule has 3 rings (SSSR count). The standard InChI is InChI=1S/C17H18BrN3O3/c1-17(16(23)24,11-5-3-2-4-6-11)9-19-15(22)14-12(18)13(20-21-14)10-7-8-10/h2-6,10H,7-9H2,1H3,(H,19,22)(H,20,21)(H,23,24). The third-order valence-electron chi connectivity index (χ3n) is 4.42. The summed E-state index contributed by atoms with van der Waals surface area (Å²) in [4.78, 5) is 24.2. The molecule has 1 atom stereocenters. The van der Waals surface area contributed by atoms with E-state index in [1.54, 1.807) is 31.2 Å². The lowest BCUT2D eigenvalue weighted by Crippen LogP contribution is -2.44. The Balaban J connectivity index is 1.75. The van der Waals surface area contributed by atoms with Gasteiger partial charge in [0, 0.05) is 12.5 Å². The zero-order valence-corrected chi connectivity index (χ0v) is 14.8. The van der Waals surface area contributed by atoms with Gasteiger partial charge in [-0.05, 0) is 41.3 Å². The van der Waals surface area contributed by atoms with E-state index in [1.807, 2.05) is 6.07 Å². The molecule has 0 radical (unpaired) electrons. The van der Waals surface area contributed by atoms with E-state index < -0.39 is 17.3 Å². The second-order valence-electron chi connectivity index (χ2n) is 6.26. The van der Waals surface area contributed by atoms with Crippen molar-refractivity contribution in [1.82, 2.24) is 15.5 Å². The molecule has 1 aromatic heterocycles. The lowest BCUT2D eigenvalue weighted by molar-refractivity contribution is -0.142. The molecule has 126 valence electrons. The highest BCUT2D eigenvalue weighted by atomic mass is 79.9. The molecule has 1 aromatic carbocycles. The number of rotatable bonds is 6. The minimum Gasteiger partial charge on any atom is -0.481 e. The predicted molar refractivity (Wildman–Crippen MR) is 92.0 cm³/mol. The maximum Gasteiger partial charge on any atom is 0.315 e. The first-order chi connectivity index (χ1) is 11.4. The van der Waals surface area contributed by atoms with Gasteiger partial charge < -0.3 is 10.4 Å². The van der Waals surface area contributed by atoms with Gasteiger partial charge in [-0.3, -0.25) is 14.7 Å². The average Bonchev–Trinajstić information content (AvgIpc) is 3.35. The molecule has 6 nitrogen and oxygen atoms in total. The van der Waals surface area contributed by atoms with Crippen LogP contribution in [0.3, 0.4) is 0 Å². The fraction of sp³-hybridized carbons (Fsp3) is 0.353. The van der Waals surface area contributed by atoms with E-state index in [9.17, 15) is 14.7 Å². The first-order valence-corrected chi connectivity index (χ1v) is 8.53. The molecule has 0 aliphatic heterocycles. The number of carboxylic acid groups (broad SMARTS) is 1. The van der Waals surface area contributed by atoms with Crippen molar-refractivity contribution in [3.8, 4) is 0 Å². The van der Waals surface area contributed by atoms with Gasteiger partial charge in [-0.1, -0.05) is 30.3 Å². The van der Waals surface area contributed by atoms with Gasteiger partial charge >= 0.3 is 5.97 Å². The Hall–Kier alpha value is -2.15. The highest BCUT2D eigenvalue weighted by Gasteiger charge is 2.36. The van der Waals surface area contributed by atoms with Crippen LogP contribution in [0.15, 0.2) is 34.8 Å². The van der Waals surface area contributed by atoms with Crippen molar-refractivity contribution in [2.24, 2.45) is 0 Å².